The second kappa shape index (κ2) is 11.2. The van der Waals surface area contributed by atoms with Gasteiger partial charge in [0.15, 0.2) is 0 Å². The fourth-order valence-corrected chi connectivity index (χ4v) is 3.37. The van der Waals surface area contributed by atoms with Gasteiger partial charge in [-0.3, -0.25) is 4.79 Å². The van der Waals surface area contributed by atoms with Crippen LogP contribution in [0.5, 0.6) is 11.5 Å². The maximum atomic E-state index is 13.0. The van der Waals surface area contributed by atoms with Crippen LogP contribution in [0.3, 0.4) is 0 Å². The molecule has 0 radical (unpaired) electrons. The van der Waals surface area contributed by atoms with Crippen molar-refractivity contribution in [2.75, 3.05) is 13.7 Å². The SMILES string of the molecule is CCOc1cc(C(F)(F)F)ccc1C(=O)NCc1cc(CC(C)OC(C)C)ccc1OC. The summed E-state index contributed by atoms with van der Waals surface area (Å²) < 4.78 is 55.5. The van der Waals surface area contributed by atoms with Crippen LogP contribution < -0.4 is 14.8 Å². The Balaban J connectivity index is 2.18. The highest BCUT2D eigenvalue weighted by molar-refractivity contribution is 5.97. The van der Waals surface area contributed by atoms with Crippen molar-refractivity contribution in [3.63, 3.8) is 0 Å². The molecule has 2 aromatic rings. The molecular formula is C24H30F3NO4. The first kappa shape index (κ1) is 25.5. The normalized spacial score (nSPS) is 12.5. The van der Waals surface area contributed by atoms with Crippen molar-refractivity contribution in [3.8, 4) is 11.5 Å². The molecule has 0 aliphatic carbocycles. The van der Waals surface area contributed by atoms with Crippen LogP contribution in [0.15, 0.2) is 36.4 Å². The second-order valence-corrected chi connectivity index (χ2v) is 7.67. The molecule has 0 spiro atoms. The molecule has 2 rings (SSSR count). The number of hydrogen-bond acceptors (Lipinski definition) is 4. The third-order valence-electron chi connectivity index (χ3n) is 4.67. The molecule has 1 atom stereocenters. The van der Waals surface area contributed by atoms with E-state index < -0.39 is 17.6 Å². The van der Waals surface area contributed by atoms with E-state index in [1.807, 2.05) is 39.0 Å². The predicted octanol–water partition coefficient (Wildman–Crippen LogP) is 5.40. The van der Waals surface area contributed by atoms with E-state index in [0.29, 0.717) is 12.2 Å². The highest BCUT2D eigenvalue weighted by atomic mass is 19.4. The lowest BCUT2D eigenvalue weighted by Gasteiger charge is -2.18. The molecule has 2 aromatic carbocycles. The number of hydrogen-bond donors (Lipinski definition) is 1. The lowest BCUT2D eigenvalue weighted by atomic mass is 10.0. The van der Waals surface area contributed by atoms with Crippen molar-refractivity contribution in [1.82, 2.24) is 5.32 Å². The van der Waals surface area contributed by atoms with E-state index in [4.69, 9.17) is 14.2 Å². The summed E-state index contributed by atoms with van der Waals surface area (Å²) in [5.41, 5.74) is 0.936. The number of alkyl halides is 3. The Kier molecular flexibility index (Phi) is 8.95. The van der Waals surface area contributed by atoms with E-state index in [1.54, 1.807) is 6.92 Å². The zero-order chi connectivity index (χ0) is 23.9. The Morgan fingerprint density at radius 1 is 1.06 bits per heavy atom. The first-order valence-electron chi connectivity index (χ1n) is 10.5. The first-order valence-corrected chi connectivity index (χ1v) is 10.5. The molecule has 1 unspecified atom stereocenters. The quantitative estimate of drug-likeness (QED) is 0.524. The summed E-state index contributed by atoms with van der Waals surface area (Å²) in [6, 6.07) is 8.53. The topological polar surface area (TPSA) is 56.8 Å². The number of carbonyl (C=O) groups is 1. The Bertz CT molecular complexity index is 913. The molecule has 1 N–H and O–H groups in total. The van der Waals surface area contributed by atoms with Crippen molar-refractivity contribution in [2.45, 2.75) is 59.0 Å². The van der Waals surface area contributed by atoms with Gasteiger partial charge >= 0.3 is 6.18 Å². The smallest absolute Gasteiger partial charge is 0.416 e. The summed E-state index contributed by atoms with van der Waals surface area (Å²) in [5, 5.41) is 2.75. The van der Waals surface area contributed by atoms with Crippen molar-refractivity contribution in [2.24, 2.45) is 0 Å². The Labute approximate surface area is 186 Å². The molecule has 176 valence electrons. The number of rotatable bonds is 10. The molecule has 0 aliphatic heterocycles. The number of ether oxygens (including phenoxy) is 3. The van der Waals surface area contributed by atoms with Gasteiger partial charge in [0.25, 0.3) is 5.91 Å². The van der Waals surface area contributed by atoms with Gasteiger partial charge in [0.05, 0.1) is 37.1 Å². The number of halogens is 3. The number of amides is 1. The van der Waals surface area contributed by atoms with Crippen LogP contribution in [0.1, 0.15) is 54.7 Å². The van der Waals surface area contributed by atoms with E-state index in [1.165, 1.54) is 7.11 Å². The Morgan fingerprint density at radius 3 is 2.38 bits per heavy atom. The minimum atomic E-state index is -4.52. The van der Waals surface area contributed by atoms with Gasteiger partial charge in [-0.05, 0) is 63.9 Å². The fourth-order valence-electron chi connectivity index (χ4n) is 3.37. The number of benzene rings is 2. The molecule has 0 heterocycles. The zero-order valence-corrected chi connectivity index (χ0v) is 19.0. The van der Waals surface area contributed by atoms with E-state index in [9.17, 15) is 18.0 Å². The average molecular weight is 454 g/mol. The van der Waals surface area contributed by atoms with E-state index >= 15 is 0 Å². The monoisotopic (exact) mass is 453 g/mol. The van der Waals surface area contributed by atoms with Gasteiger partial charge in [0.1, 0.15) is 11.5 Å². The van der Waals surface area contributed by atoms with E-state index in [-0.39, 0.29) is 36.7 Å². The van der Waals surface area contributed by atoms with E-state index in [2.05, 4.69) is 5.32 Å². The summed E-state index contributed by atoms with van der Waals surface area (Å²) >= 11 is 0. The van der Waals surface area contributed by atoms with Gasteiger partial charge in [-0.25, -0.2) is 0 Å². The zero-order valence-electron chi connectivity index (χ0n) is 19.0. The van der Waals surface area contributed by atoms with E-state index in [0.717, 1.165) is 29.3 Å². The summed E-state index contributed by atoms with van der Waals surface area (Å²) in [6.45, 7) is 7.86. The molecule has 0 saturated carbocycles. The summed E-state index contributed by atoms with van der Waals surface area (Å²) in [4.78, 5) is 12.7. The molecule has 0 fully saturated rings. The van der Waals surface area contributed by atoms with Gasteiger partial charge in [-0.1, -0.05) is 12.1 Å². The number of nitrogens with one attached hydrogen (secondary N) is 1. The standard InChI is InChI=1S/C24H30F3NO4/c1-6-31-22-13-19(24(25,26)27)8-9-20(22)23(29)28-14-18-12-17(7-10-21(18)30-5)11-16(4)32-15(2)3/h7-10,12-13,15-16H,6,11,14H2,1-5H3,(H,28,29). The third-order valence-corrected chi connectivity index (χ3v) is 4.67. The Hall–Kier alpha value is -2.74. The van der Waals surface area contributed by atoms with Crippen LogP contribution in [-0.2, 0) is 23.9 Å². The number of carbonyl (C=O) groups excluding carboxylic acids is 1. The first-order chi connectivity index (χ1) is 15.0. The molecule has 0 saturated heterocycles. The van der Waals surface area contributed by atoms with Gasteiger partial charge in [0.2, 0.25) is 0 Å². The molecule has 0 aromatic heterocycles. The molecule has 1 amide bonds. The third kappa shape index (κ3) is 7.15. The number of methoxy groups -OCH3 is 1. The summed E-state index contributed by atoms with van der Waals surface area (Å²) in [6.07, 6.45) is -3.70. The van der Waals surface area contributed by atoms with Gasteiger partial charge in [-0.2, -0.15) is 13.2 Å². The fraction of sp³-hybridized carbons (Fsp3) is 0.458. The van der Waals surface area contributed by atoms with Gasteiger partial charge < -0.3 is 19.5 Å². The molecule has 5 nitrogen and oxygen atoms in total. The lowest BCUT2D eigenvalue weighted by Crippen LogP contribution is -2.24. The maximum absolute atomic E-state index is 13.0. The minimum absolute atomic E-state index is 0.0201. The van der Waals surface area contributed by atoms with Crippen LogP contribution in [0.4, 0.5) is 13.2 Å². The highest BCUT2D eigenvalue weighted by Crippen LogP contribution is 2.33. The predicted molar refractivity (Wildman–Crippen MR) is 116 cm³/mol. The molecule has 8 heteroatoms. The van der Waals surface area contributed by atoms with Crippen LogP contribution in [0.25, 0.3) is 0 Å². The van der Waals surface area contributed by atoms with Crippen molar-refractivity contribution >= 4 is 5.91 Å². The average Bonchev–Trinajstić information content (AvgIpc) is 2.71. The largest absolute Gasteiger partial charge is 0.496 e. The maximum Gasteiger partial charge on any atom is 0.416 e. The molecule has 0 aliphatic rings. The van der Waals surface area contributed by atoms with Crippen molar-refractivity contribution in [1.29, 1.82) is 0 Å². The van der Waals surface area contributed by atoms with Crippen LogP contribution in [0.2, 0.25) is 0 Å². The van der Waals surface area contributed by atoms with Crippen LogP contribution in [-0.4, -0.2) is 31.8 Å². The summed E-state index contributed by atoms with van der Waals surface area (Å²) in [7, 11) is 1.54. The van der Waals surface area contributed by atoms with Crippen LogP contribution >= 0.6 is 0 Å². The molecule has 32 heavy (non-hydrogen) atoms. The summed E-state index contributed by atoms with van der Waals surface area (Å²) in [5.74, 6) is -0.0460. The molecular weight excluding hydrogens is 423 g/mol. The van der Waals surface area contributed by atoms with Crippen LogP contribution in [0, 0.1) is 0 Å². The Morgan fingerprint density at radius 2 is 1.78 bits per heavy atom. The van der Waals surface area contributed by atoms with Gasteiger partial charge in [-0.15, -0.1) is 0 Å². The lowest BCUT2D eigenvalue weighted by molar-refractivity contribution is -0.137. The van der Waals surface area contributed by atoms with Crippen molar-refractivity contribution < 1.29 is 32.2 Å². The minimum Gasteiger partial charge on any atom is -0.496 e. The van der Waals surface area contributed by atoms with Gasteiger partial charge in [0, 0.05) is 12.1 Å². The van der Waals surface area contributed by atoms with Crippen molar-refractivity contribution in [3.05, 3.63) is 58.7 Å². The molecule has 0 bridgehead atoms. The second-order valence-electron chi connectivity index (χ2n) is 7.67. The highest BCUT2D eigenvalue weighted by Gasteiger charge is 2.32.